The van der Waals surface area contributed by atoms with Gasteiger partial charge in [-0.15, -0.1) is 0 Å². The summed E-state index contributed by atoms with van der Waals surface area (Å²) in [6.45, 7) is 6.54. The summed E-state index contributed by atoms with van der Waals surface area (Å²) in [5.74, 6) is -0.145. The van der Waals surface area contributed by atoms with E-state index in [-0.39, 0.29) is 36.7 Å². The van der Waals surface area contributed by atoms with Crippen LogP contribution in [0.15, 0.2) is 0 Å². The number of hydrogen-bond donors (Lipinski definition) is 2. The van der Waals surface area contributed by atoms with Gasteiger partial charge in [-0.2, -0.15) is 0 Å². The average Bonchev–Trinajstić information content (AvgIpc) is 2.25. The lowest BCUT2D eigenvalue weighted by molar-refractivity contribution is -0.151. The number of nitrogens with zero attached hydrogens (tertiary/aromatic N) is 1. The van der Waals surface area contributed by atoms with Crippen molar-refractivity contribution in [2.75, 3.05) is 19.7 Å². The molecule has 1 fully saturated rings. The molecule has 3 N–H and O–H groups in total. The fraction of sp³-hybridized carbons (Fsp3) is 0.909. The molecule has 1 aliphatic heterocycles. The summed E-state index contributed by atoms with van der Waals surface area (Å²) < 4.78 is 5.48. The predicted molar refractivity (Wildman–Crippen MR) is 60.8 cm³/mol. The van der Waals surface area contributed by atoms with E-state index in [0.29, 0.717) is 13.1 Å². The second kappa shape index (κ2) is 5.61. The highest BCUT2D eigenvalue weighted by atomic mass is 16.5. The molecule has 0 aliphatic carbocycles. The molecule has 1 amide bonds. The zero-order chi connectivity index (χ0) is 12.3. The third-order valence-electron chi connectivity index (χ3n) is 3.02. The molecule has 0 radical (unpaired) electrons. The zero-order valence-corrected chi connectivity index (χ0v) is 10.2. The Kier molecular flexibility index (Phi) is 4.70. The molecule has 5 heteroatoms. The fourth-order valence-corrected chi connectivity index (χ4v) is 1.84. The Balaban J connectivity index is 2.61. The Labute approximate surface area is 96.6 Å². The van der Waals surface area contributed by atoms with Crippen LogP contribution in [-0.2, 0) is 9.53 Å². The van der Waals surface area contributed by atoms with Crippen LogP contribution >= 0.6 is 0 Å². The lowest BCUT2D eigenvalue weighted by Crippen LogP contribution is -2.53. The van der Waals surface area contributed by atoms with E-state index in [4.69, 9.17) is 15.6 Å². The number of carbonyl (C=O) groups excluding carboxylic acids is 1. The van der Waals surface area contributed by atoms with Crippen LogP contribution in [0, 0.1) is 5.92 Å². The Morgan fingerprint density at radius 1 is 1.56 bits per heavy atom. The normalized spacial score (nSPS) is 29.9. The predicted octanol–water partition coefficient (Wildman–Crippen LogP) is -0.422. The molecule has 1 rings (SSSR count). The molecule has 0 aromatic rings. The lowest BCUT2D eigenvalue weighted by atomic mass is 10.0. The first kappa shape index (κ1) is 13.4. The molecule has 0 saturated carbocycles. The summed E-state index contributed by atoms with van der Waals surface area (Å²) in [6.07, 6.45) is -0.303. The first-order valence-electron chi connectivity index (χ1n) is 5.76. The van der Waals surface area contributed by atoms with Gasteiger partial charge < -0.3 is 20.5 Å². The van der Waals surface area contributed by atoms with E-state index in [1.54, 1.807) is 4.90 Å². The first-order chi connectivity index (χ1) is 7.45. The average molecular weight is 230 g/mol. The van der Waals surface area contributed by atoms with E-state index in [0.717, 1.165) is 0 Å². The molecule has 16 heavy (non-hydrogen) atoms. The van der Waals surface area contributed by atoms with E-state index in [1.807, 2.05) is 20.8 Å². The van der Waals surface area contributed by atoms with Crippen molar-refractivity contribution in [1.82, 2.24) is 4.90 Å². The maximum atomic E-state index is 12.1. The maximum Gasteiger partial charge on any atom is 0.227 e. The monoisotopic (exact) mass is 230 g/mol. The highest BCUT2D eigenvalue weighted by Gasteiger charge is 2.31. The third kappa shape index (κ3) is 3.17. The SMILES string of the molecule is CC1CN(C(=O)C(C)C(C)N)CC(CO)O1. The lowest BCUT2D eigenvalue weighted by Gasteiger charge is -2.37. The van der Waals surface area contributed by atoms with E-state index in [1.165, 1.54) is 0 Å². The van der Waals surface area contributed by atoms with Gasteiger partial charge in [0.1, 0.15) is 0 Å². The van der Waals surface area contributed by atoms with Gasteiger partial charge in [-0.25, -0.2) is 0 Å². The van der Waals surface area contributed by atoms with Gasteiger partial charge in [-0.1, -0.05) is 6.92 Å². The van der Waals surface area contributed by atoms with Gasteiger partial charge in [0, 0.05) is 19.1 Å². The summed E-state index contributed by atoms with van der Waals surface area (Å²) in [7, 11) is 0. The van der Waals surface area contributed by atoms with Crippen molar-refractivity contribution in [2.45, 2.75) is 39.0 Å². The molecule has 4 atom stereocenters. The number of aliphatic hydroxyl groups excluding tert-OH is 1. The Bertz CT molecular complexity index is 245. The topological polar surface area (TPSA) is 75.8 Å². The van der Waals surface area contributed by atoms with Crippen LogP contribution in [0.3, 0.4) is 0 Å². The van der Waals surface area contributed by atoms with Gasteiger partial charge in [0.2, 0.25) is 5.91 Å². The molecule has 94 valence electrons. The fourth-order valence-electron chi connectivity index (χ4n) is 1.84. The molecule has 0 aromatic carbocycles. The van der Waals surface area contributed by atoms with Crippen LogP contribution in [0.2, 0.25) is 0 Å². The Morgan fingerprint density at radius 2 is 2.19 bits per heavy atom. The summed E-state index contributed by atoms with van der Waals surface area (Å²) in [5, 5.41) is 9.07. The van der Waals surface area contributed by atoms with Crippen LogP contribution < -0.4 is 5.73 Å². The van der Waals surface area contributed by atoms with Crippen molar-refractivity contribution in [3.05, 3.63) is 0 Å². The van der Waals surface area contributed by atoms with Crippen molar-refractivity contribution in [3.8, 4) is 0 Å². The van der Waals surface area contributed by atoms with Gasteiger partial charge in [-0.3, -0.25) is 4.79 Å². The van der Waals surface area contributed by atoms with Gasteiger partial charge in [0.25, 0.3) is 0 Å². The van der Waals surface area contributed by atoms with E-state index in [9.17, 15) is 4.79 Å². The number of carbonyl (C=O) groups is 1. The summed E-state index contributed by atoms with van der Waals surface area (Å²) in [6, 6.07) is -0.154. The van der Waals surface area contributed by atoms with E-state index >= 15 is 0 Å². The van der Waals surface area contributed by atoms with Crippen LogP contribution in [0.25, 0.3) is 0 Å². The molecule has 1 aliphatic rings. The Hall–Kier alpha value is -0.650. The van der Waals surface area contributed by atoms with Crippen molar-refractivity contribution in [2.24, 2.45) is 11.7 Å². The number of hydrogen-bond acceptors (Lipinski definition) is 4. The quantitative estimate of drug-likeness (QED) is 0.690. The van der Waals surface area contributed by atoms with Crippen LogP contribution in [0.4, 0.5) is 0 Å². The summed E-state index contributed by atoms with van der Waals surface area (Å²) in [4.78, 5) is 13.8. The van der Waals surface area contributed by atoms with Gasteiger partial charge in [0.05, 0.1) is 24.7 Å². The van der Waals surface area contributed by atoms with E-state index in [2.05, 4.69) is 0 Å². The molecule has 0 bridgehead atoms. The number of amides is 1. The number of nitrogens with two attached hydrogens (primary N) is 1. The summed E-state index contributed by atoms with van der Waals surface area (Å²) in [5.41, 5.74) is 5.72. The highest BCUT2D eigenvalue weighted by molar-refractivity contribution is 5.79. The number of aliphatic hydroxyl groups is 1. The molecule has 1 heterocycles. The van der Waals surface area contributed by atoms with Crippen molar-refractivity contribution in [3.63, 3.8) is 0 Å². The standard InChI is InChI=1S/C11H22N2O3/c1-7-4-13(5-10(6-14)16-7)11(15)8(2)9(3)12/h7-10,14H,4-6,12H2,1-3H3. The first-order valence-corrected chi connectivity index (χ1v) is 5.76. The summed E-state index contributed by atoms with van der Waals surface area (Å²) >= 11 is 0. The van der Waals surface area contributed by atoms with Crippen molar-refractivity contribution >= 4 is 5.91 Å². The van der Waals surface area contributed by atoms with E-state index < -0.39 is 0 Å². The number of ether oxygens (including phenoxy) is 1. The van der Waals surface area contributed by atoms with Crippen LogP contribution in [0.1, 0.15) is 20.8 Å². The Morgan fingerprint density at radius 3 is 2.69 bits per heavy atom. The zero-order valence-electron chi connectivity index (χ0n) is 10.2. The minimum Gasteiger partial charge on any atom is -0.394 e. The molecule has 0 aromatic heterocycles. The van der Waals surface area contributed by atoms with Crippen LogP contribution in [-0.4, -0.2) is 53.9 Å². The number of rotatable bonds is 3. The van der Waals surface area contributed by atoms with Crippen molar-refractivity contribution in [1.29, 1.82) is 0 Å². The minimum absolute atomic E-state index is 0.0323. The second-order valence-electron chi connectivity index (χ2n) is 4.64. The molecular weight excluding hydrogens is 208 g/mol. The highest BCUT2D eigenvalue weighted by Crippen LogP contribution is 2.14. The van der Waals surface area contributed by atoms with Gasteiger partial charge >= 0.3 is 0 Å². The maximum absolute atomic E-state index is 12.1. The van der Waals surface area contributed by atoms with Gasteiger partial charge in [-0.05, 0) is 13.8 Å². The second-order valence-corrected chi connectivity index (χ2v) is 4.64. The minimum atomic E-state index is -0.270. The van der Waals surface area contributed by atoms with Gasteiger partial charge in [0.15, 0.2) is 0 Å². The van der Waals surface area contributed by atoms with Crippen molar-refractivity contribution < 1.29 is 14.6 Å². The number of morpholine rings is 1. The smallest absolute Gasteiger partial charge is 0.227 e. The molecule has 0 spiro atoms. The molecule has 5 nitrogen and oxygen atoms in total. The molecule has 1 saturated heterocycles. The largest absolute Gasteiger partial charge is 0.394 e. The molecular formula is C11H22N2O3. The van der Waals surface area contributed by atoms with Crippen LogP contribution in [0.5, 0.6) is 0 Å². The molecule has 4 unspecified atom stereocenters. The third-order valence-corrected chi connectivity index (χ3v) is 3.02.